The number of hydrogen-bond acceptors (Lipinski definition) is 3. The zero-order chi connectivity index (χ0) is 12.4. The minimum Gasteiger partial charge on any atom is -0.418 e. The Balaban J connectivity index is 3.26. The van der Waals surface area contributed by atoms with Gasteiger partial charge in [-0.05, 0) is 53.1 Å². The maximum Gasteiger partial charge on any atom is 0.186 e. The second-order valence-electron chi connectivity index (χ2n) is 5.20. The van der Waals surface area contributed by atoms with E-state index < -0.39 is 8.32 Å². The van der Waals surface area contributed by atoms with Crippen LogP contribution in [-0.4, -0.2) is 53.6 Å². The highest BCUT2D eigenvalue weighted by atomic mass is 28.4. The van der Waals surface area contributed by atoms with E-state index in [-0.39, 0.29) is 0 Å². The molecule has 0 amide bonds. The Hall–Kier alpha value is 0.0969. The highest BCUT2D eigenvalue weighted by Crippen LogP contribution is 2.14. The molecular weight excluding hydrogens is 216 g/mol. The summed E-state index contributed by atoms with van der Waals surface area (Å²) in [6.45, 7) is 11.0. The summed E-state index contributed by atoms with van der Waals surface area (Å²) in [5.74, 6) is 0. The summed E-state index contributed by atoms with van der Waals surface area (Å²) in [7, 11) is 2.89. The van der Waals surface area contributed by atoms with E-state index in [0.717, 1.165) is 26.2 Å². The third kappa shape index (κ3) is 10.6. The molecule has 0 saturated heterocycles. The molecule has 98 valence electrons. The van der Waals surface area contributed by atoms with Crippen LogP contribution < -0.4 is 5.32 Å². The molecule has 0 spiro atoms. The molecule has 0 aliphatic rings. The fourth-order valence-electron chi connectivity index (χ4n) is 1.69. The van der Waals surface area contributed by atoms with Gasteiger partial charge in [-0.25, -0.2) is 0 Å². The lowest BCUT2D eigenvalue weighted by Crippen LogP contribution is -2.30. The molecule has 4 heteroatoms. The van der Waals surface area contributed by atoms with Crippen molar-refractivity contribution in [2.75, 3.05) is 40.3 Å². The van der Waals surface area contributed by atoms with Gasteiger partial charge in [0.25, 0.3) is 0 Å². The van der Waals surface area contributed by atoms with E-state index in [1.54, 1.807) is 0 Å². The van der Waals surface area contributed by atoms with Gasteiger partial charge in [0.05, 0.1) is 0 Å². The molecule has 0 fully saturated rings. The Bertz CT molecular complexity index is 163. The van der Waals surface area contributed by atoms with Gasteiger partial charge in [0, 0.05) is 19.7 Å². The van der Waals surface area contributed by atoms with Crippen LogP contribution in [0.3, 0.4) is 0 Å². The Morgan fingerprint density at radius 2 is 1.81 bits per heavy atom. The van der Waals surface area contributed by atoms with E-state index in [4.69, 9.17) is 4.43 Å². The van der Waals surface area contributed by atoms with Gasteiger partial charge in [0.1, 0.15) is 0 Å². The van der Waals surface area contributed by atoms with Crippen LogP contribution in [0.5, 0.6) is 0 Å². The molecule has 16 heavy (non-hydrogen) atoms. The normalized spacial score (nSPS) is 12.4. The predicted octanol–water partition coefficient (Wildman–Crippen LogP) is 2.16. The molecule has 0 aromatic heterocycles. The highest BCUT2D eigenvalue weighted by molar-refractivity contribution is 6.71. The second kappa shape index (κ2) is 9.16. The molecule has 0 heterocycles. The Morgan fingerprint density at radius 3 is 2.38 bits per heavy atom. The van der Waals surface area contributed by atoms with Crippen molar-refractivity contribution in [2.24, 2.45) is 0 Å². The van der Waals surface area contributed by atoms with Crippen LogP contribution in [0.15, 0.2) is 0 Å². The molecule has 0 bridgehead atoms. The number of nitrogens with zero attached hydrogens (tertiary/aromatic N) is 1. The number of rotatable bonds is 10. The molecule has 3 nitrogen and oxygen atoms in total. The molecule has 1 N–H and O–H groups in total. The Morgan fingerprint density at radius 1 is 1.12 bits per heavy atom. The quantitative estimate of drug-likeness (QED) is 0.472. The van der Waals surface area contributed by atoms with Crippen LogP contribution in [0.4, 0.5) is 0 Å². The molecular formula is C12H30N2OSi. The Labute approximate surface area is 103 Å². The first-order valence-corrected chi connectivity index (χ1v) is 9.59. The zero-order valence-electron chi connectivity index (χ0n) is 11.8. The van der Waals surface area contributed by atoms with Crippen LogP contribution >= 0.6 is 0 Å². The van der Waals surface area contributed by atoms with Crippen molar-refractivity contribution in [1.29, 1.82) is 0 Å². The summed E-state index contributed by atoms with van der Waals surface area (Å²) in [5.41, 5.74) is 0. The van der Waals surface area contributed by atoms with E-state index in [1.807, 2.05) is 0 Å². The van der Waals surface area contributed by atoms with Crippen molar-refractivity contribution in [3.8, 4) is 0 Å². The Kier molecular flexibility index (Phi) is 9.22. The summed E-state index contributed by atoms with van der Waals surface area (Å²) in [5, 5.41) is 3.47. The van der Waals surface area contributed by atoms with Crippen LogP contribution in [0, 0.1) is 0 Å². The smallest absolute Gasteiger partial charge is 0.186 e. The maximum absolute atomic E-state index is 5.80. The monoisotopic (exact) mass is 246 g/mol. The third-order valence-electron chi connectivity index (χ3n) is 2.65. The summed E-state index contributed by atoms with van der Waals surface area (Å²) < 4.78 is 5.80. The summed E-state index contributed by atoms with van der Waals surface area (Å²) in [6.07, 6.45) is 2.57. The lowest BCUT2D eigenvalue weighted by molar-refractivity contribution is 0.327. The number of hydrogen-bond donors (Lipinski definition) is 1. The molecule has 0 aliphatic carbocycles. The van der Waals surface area contributed by atoms with Gasteiger partial charge in [-0.15, -0.1) is 0 Å². The average molecular weight is 246 g/mol. The molecule has 0 radical (unpaired) electrons. The topological polar surface area (TPSA) is 24.5 Å². The van der Waals surface area contributed by atoms with Gasteiger partial charge in [0.2, 0.25) is 0 Å². The van der Waals surface area contributed by atoms with Crippen molar-refractivity contribution in [3.63, 3.8) is 0 Å². The van der Waals surface area contributed by atoms with Crippen LogP contribution in [0.2, 0.25) is 19.1 Å². The molecule has 0 rings (SSSR count). The van der Waals surface area contributed by atoms with Gasteiger partial charge < -0.3 is 14.6 Å². The van der Waals surface area contributed by atoms with E-state index in [2.05, 4.69) is 44.3 Å². The van der Waals surface area contributed by atoms with E-state index >= 15 is 0 Å². The molecule has 0 unspecified atom stereocenters. The lowest BCUT2D eigenvalue weighted by atomic mass is 10.3. The SMILES string of the molecule is CCO[Si](C)(C)CCCCNCCN(C)C. The minimum absolute atomic E-state index is 0.875. The molecule has 0 aromatic carbocycles. The molecule has 0 saturated carbocycles. The lowest BCUT2D eigenvalue weighted by Gasteiger charge is -2.21. The standard InChI is InChI=1S/C12H30N2OSi/c1-6-15-16(4,5)12-8-7-9-13-10-11-14(2)3/h13H,6-12H2,1-5H3. The average Bonchev–Trinajstić information content (AvgIpc) is 2.15. The number of unbranched alkanes of at least 4 members (excludes halogenated alkanes) is 1. The van der Waals surface area contributed by atoms with Crippen LogP contribution in [-0.2, 0) is 4.43 Å². The van der Waals surface area contributed by atoms with Crippen LogP contribution in [0.25, 0.3) is 0 Å². The molecule has 0 atom stereocenters. The zero-order valence-corrected chi connectivity index (χ0v) is 12.8. The summed E-state index contributed by atoms with van der Waals surface area (Å²) in [4.78, 5) is 2.21. The number of likely N-dealkylation sites (N-methyl/N-ethyl adjacent to an activating group) is 1. The number of nitrogens with one attached hydrogen (secondary N) is 1. The fourth-order valence-corrected chi connectivity index (χ4v) is 3.72. The van der Waals surface area contributed by atoms with Crippen molar-refractivity contribution in [1.82, 2.24) is 10.2 Å². The highest BCUT2D eigenvalue weighted by Gasteiger charge is 2.20. The largest absolute Gasteiger partial charge is 0.418 e. The molecule has 0 aromatic rings. The van der Waals surface area contributed by atoms with Gasteiger partial charge in [0.15, 0.2) is 8.32 Å². The minimum atomic E-state index is -1.33. The summed E-state index contributed by atoms with van der Waals surface area (Å²) in [6, 6.07) is 1.29. The third-order valence-corrected chi connectivity index (χ3v) is 5.28. The van der Waals surface area contributed by atoms with Crippen molar-refractivity contribution < 1.29 is 4.43 Å². The summed E-state index contributed by atoms with van der Waals surface area (Å²) >= 11 is 0. The van der Waals surface area contributed by atoms with E-state index in [1.165, 1.54) is 18.9 Å². The van der Waals surface area contributed by atoms with E-state index in [0.29, 0.717) is 0 Å². The maximum atomic E-state index is 5.80. The van der Waals surface area contributed by atoms with Gasteiger partial charge in [-0.1, -0.05) is 6.42 Å². The van der Waals surface area contributed by atoms with Gasteiger partial charge in [-0.2, -0.15) is 0 Å². The first kappa shape index (κ1) is 16.1. The first-order valence-electron chi connectivity index (χ1n) is 6.47. The van der Waals surface area contributed by atoms with Crippen molar-refractivity contribution >= 4 is 8.32 Å². The first-order chi connectivity index (χ1) is 7.48. The van der Waals surface area contributed by atoms with Gasteiger partial charge >= 0.3 is 0 Å². The van der Waals surface area contributed by atoms with Crippen molar-refractivity contribution in [3.05, 3.63) is 0 Å². The predicted molar refractivity (Wildman–Crippen MR) is 74.6 cm³/mol. The molecule has 0 aliphatic heterocycles. The van der Waals surface area contributed by atoms with E-state index in [9.17, 15) is 0 Å². The van der Waals surface area contributed by atoms with Crippen molar-refractivity contribution in [2.45, 2.75) is 38.9 Å². The van der Waals surface area contributed by atoms with Crippen LogP contribution in [0.1, 0.15) is 19.8 Å². The fraction of sp³-hybridized carbons (Fsp3) is 1.00. The second-order valence-corrected chi connectivity index (χ2v) is 9.51. The van der Waals surface area contributed by atoms with Gasteiger partial charge in [-0.3, -0.25) is 0 Å².